The molecule has 1 spiro atoms. The lowest BCUT2D eigenvalue weighted by Crippen LogP contribution is -2.54. The van der Waals surface area contributed by atoms with Crippen LogP contribution in [0.3, 0.4) is 0 Å². The minimum absolute atomic E-state index is 0.00977. The van der Waals surface area contributed by atoms with Gasteiger partial charge in [-0.25, -0.2) is 0 Å². The van der Waals surface area contributed by atoms with Crippen molar-refractivity contribution in [1.29, 1.82) is 0 Å². The fraction of sp³-hybridized carbons (Fsp3) is 0.524. The molecular weight excluding hydrogens is 388 g/mol. The number of piperidine rings is 1. The number of ether oxygens (including phenoxy) is 1. The highest BCUT2D eigenvalue weighted by Crippen LogP contribution is 2.41. The zero-order valence-corrected chi connectivity index (χ0v) is 16.6. The fourth-order valence-electron chi connectivity index (χ4n) is 5.15. The minimum atomic E-state index is -0.954. The second-order valence-corrected chi connectivity index (χ2v) is 8.64. The van der Waals surface area contributed by atoms with E-state index in [1.165, 1.54) is 0 Å². The van der Waals surface area contributed by atoms with Crippen LogP contribution >= 0.6 is 0 Å². The fourth-order valence-corrected chi connectivity index (χ4v) is 5.15. The van der Waals surface area contributed by atoms with E-state index in [0.29, 0.717) is 25.3 Å². The van der Waals surface area contributed by atoms with Gasteiger partial charge in [-0.3, -0.25) is 29.4 Å². The van der Waals surface area contributed by atoms with Crippen LogP contribution in [0.5, 0.6) is 0 Å². The van der Waals surface area contributed by atoms with Gasteiger partial charge in [-0.15, -0.1) is 0 Å². The van der Waals surface area contributed by atoms with Gasteiger partial charge in [0.1, 0.15) is 6.04 Å². The molecule has 0 bridgehead atoms. The largest absolute Gasteiger partial charge is 0.381 e. The van der Waals surface area contributed by atoms with E-state index in [-0.39, 0.29) is 35.8 Å². The van der Waals surface area contributed by atoms with E-state index in [1.54, 1.807) is 12.1 Å². The first-order valence-electron chi connectivity index (χ1n) is 10.3. The maximum absolute atomic E-state index is 13.0. The monoisotopic (exact) mass is 412 g/mol. The molecule has 3 N–H and O–H groups in total. The molecule has 0 saturated carbocycles. The second-order valence-electron chi connectivity index (χ2n) is 8.64. The molecule has 0 radical (unpaired) electrons. The van der Waals surface area contributed by atoms with Crippen LogP contribution in [0.1, 0.15) is 46.4 Å². The summed E-state index contributed by atoms with van der Waals surface area (Å²) in [5, 5.41) is 2.21. The first-order chi connectivity index (χ1) is 14.4. The van der Waals surface area contributed by atoms with E-state index in [0.717, 1.165) is 30.0 Å². The lowest BCUT2D eigenvalue weighted by molar-refractivity contribution is -0.136. The second kappa shape index (κ2) is 6.88. The van der Waals surface area contributed by atoms with Crippen molar-refractivity contribution in [1.82, 2.24) is 10.2 Å². The van der Waals surface area contributed by atoms with Crippen LogP contribution in [-0.2, 0) is 14.3 Å². The van der Waals surface area contributed by atoms with E-state index in [2.05, 4.69) is 10.2 Å². The lowest BCUT2D eigenvalue weighted by Gasteiger charge is -2.36. The molecule has 1 aromatic carbocycles. The van der Waals surface area contributed by atoms with Crippen molar-refractivity contribution in [2.75, 3.05) is 31.2 Å². The smallest absolute Gasteiger partial charge is 0.262 e. The number of fused-ring (bicyclic) bond motifs is 1. The summed E-state index contributed by atoms with van der Waals surface area (Å²) in [4.78, 5) is 52.7. The molecule has 4 aliphatic heterocycles. The van der Waals surface area contributed by atoms with Crippen molar-refractivity contribution in [3.8, 4) is 0 Å². The Bertz CT molecular complexity index is 955. The highest BCUT2D eigenvalue weighted by molar-refractivity contribution is 6.23. The van der Waals surface area contributed by atoms with Crippen molar-refractivity contribution in [3.05, 3.63) is 29.3 Å². The third-order valence-electron chi connectivity index (χ3n) is 6.99. The van der Waals surface area contributed by atoms with E-state index in [1.807, 2.05) is 6.07 Å². The average molecular weight is 412 g/mol. The molecule has 9 nitrogen and oxygen atoms in total. The predicted molar refractivity (Wildman–Crippen MR) is 106 cm³/mol. The number of imide groups is 2. The molecule has 30 heavy (non-hydrogen) atoms. The van der Waals surface area contributed by atoms with E-state index in [4.69, 9.17) is 10.5 Å². The number of amides is 4. The van der Waals surface area contributed by atoms with Crippen LogP contribution in [0.4, 0.5) is 5.69 Å². The number of carbonyl (C=O) groups excluding carboxylic acids is 4. The molecule has 3 saturated heterocycles. The number of nitrogens with two attached hydrogens (primary N) is 1. The molecule has 2 atom stereocenters. The Morgan fingerprint density at radius 3 is 2.53 bits per heavy atom. The van der Waals surface area contributed by atoms with Gasteiger partial charge in [-0.2, -0.15) is 0 Å². The molecular formula is C21H24N4O5. The minimum Gasteiger partial charge on any atom is -0.381 e. The molecule has 4 aliphatic rings. The van der Waals surface area contributed by atoms with Crippen molar-refractivity contribution in [3.63, 3.8) is 0 Å². The van der Waals surface area contributed by atoms with Crippen molar-refractivity contribution in [2.45, 2.75) is 37.8 Å². The van der Waals surface area contributed by atoms with Gasteiger partial charge in [0.15, 0.2) is 0 Å². The van der Waals surface area contributed by atoms with Gasteiger partial charge in [0.2, 0.25) is 11.8 Å². The van der Waals surface area contributed by atoms with Crippen LogP contribution in [-0.4, -0.2) is 66.9 Å². The zero-order chi connectivity index (χ0) is 21.0. The van der Waals surface area contributed by atoms with Gasteiger partial charge >= 0.3 is 0 Å². The molecule has 0 aliphatic carbocycles. The number of anilines is 1. The maximum atomic E-state index is 13.0. The summed E-state index contributed by atoms with van der Waals surface area (Å²) in [6.45, 7) is 2.88. The Labute approximate surface area is 173 Å². The number of benzene rings is 1. The summed E-state index contributed by atoms with van der Waals surface area (Å²) < 4.78 is 5.50. The zero-order valence-electron chi connectivity index (χ0n) is 16.6. The number of hydrogen-bond donors (Lipinski definition) is 2. The molecule has 9 heteroatoms. The average Bonchev–Trinajstić information content (AvgIpc) is 3.17. The molecule has 158 valence electrons. The topological polar surface area (TPSA) is 122 Å². The molecule has 4 heterocycles. The summed E-state index contributed by atoms with van der Waals surface area (Å²) in [5.74, 6) is -1.97. The molecule has 3 fully saturated rings. The number of nitrogens with zero attached hydrogens (tertiary/aromatic N) is 2. The number of hydrogen-bond acceptors (Lipinski definition) is 7. The SMILES string of the molecule is NC1CN(c2ccc3c(c2)C(=O)N(C2CCC(=O)NC2=O)C3=O)CC12CCOCC2. The highest BCUT2D eigenvalue weighted by Gasteiger charge is 2.47. The first kappa shape index (κ1) is 19.2. The Kier molecular flexibility index (Phi) is 4.41. The third kappa shape index (κ3) is 2.84. The van der Waals surface area contributed by atoms with E-state index >= 15 is 0 Å². The number of rotatable bonds is 2. The Morgan fingerprint density at radius 1 is 1.07 bits per heavy atom. The van der Waals surface area contributed by atoms with Gasteiger partial charge in [-0.05, 0) is 37.5 Å². The van der Waals surface area contributed by atoms with Crippen molar-refractivity contribution in [2.24, 2.45) is 11.1 Å². The van der Waals surface area contributed by atoms with Crippen LogP contribution in [0.25, 0.3) is 0 Å². The summed E-state index contributed by atoms with van der Waals surface area (Å²) in [7, 11) is 0. The Hall–Kier alpha value is -2.78. The molecule has 4 amide bonds. The van der Waals surface area contributed by atoms with Crippen LogP contribution in [0, 0.1) is 5.41 Å². The Balaban J connectivity index is 1.40. The van der Waals surface area contributed by atoms with Crippen molar-refractivity contribution >= 4 is 29.3 Å². The summed E-state index contributed by atoms with van der Waals surface area (Å²) in [5.41, 5.74) is 7.92. The van der Waals surface area contributed by atoms with E-state index in [9.17, 15) is 19.2 Å². The van der Waals surface area contributed by atoms with Gasteiger partial charge in [0.25, 0.3) is 11.8 Å². The normalized spacial score (nSPS) is 28.3. The maximum Gasteiger partial charge on any atom is 0.262 e. The summed E-state index contributed by atoms with van der Waals surface area (Å²) in [6, 6.07) is 4.28. The molecule has 5 rings (SSSR count). The van der Waals surface area contributed by atoms with Crippen LogP contribution < -0.4 is 16.0 Å². The summed E-state index contributed by atoms with van der Waals surface area (Å²) in [6.07, 6.45) is 2.08. The number of nitrogens with one attached hydrogen (secondary N) is 1. The summed E-state index contributed by atoms with van der Waals surface area (Å²) >= 11 is 0. The standard InChI is InChI=1S/C21H24N4O5/c22-16-10-24(11-21(16)5-7-30-8-6-21)12-1-2-13-14(9-12)20(29)25(19(13)28)15-3-4-17(26)23-18(15)27/h1-2,9,15-16H,3-8,10-11,22H2,(H,23,26,27). The number of carbonyl (C=O) groups is 4. The van der Waals surface area contributed by atoms with Crippen LogP contribution in [0.2, 0.25) is 0 Å². The Morgan fingerprint density at radius 2 is 1.80 bits per heavy atom. The van der Waals surface area contributed by atoms with Gasteiger partial charge in [-0.1, -0.05) is 0 Å². The lowest BCUT2D eigenvalue weighted by atomic mass is 9.76. The molecule has 2 unspecified atom stereocenters. The third-order valence-corrected chi connectivity index (χ3v) is 6.99. The van der Waals surface area contributed by atoms with Gasteiger partial charge in [0.05, 0.1) is 11.1 Å². The van der Waals surface area contributed by atoms with Gasteiger partial charge < -0.3 is 15.4 Å². The molecule has 0 aromatic heterocycles. The predicted octanol–water partition coefficient (Wildman–Crippen LogP) is 0.0319. The van der Waals surface area contributed by atoms with Crippen LogP contribution in [0.15, 0.2) is 18.2 Å². The quantitative estimate of drug-likeness (QED) is 0.657. The molecule has 1 aromatic rings. The van der Waals surface area contributed by atoms with Gasteiger partial charge in [0, 0.05) is 49.9 Å². The highest BCUT2D eigenvalue weighted by atomic mass is 16.5. The van der Waals surface area contributed by atoms with Crippen molar-refractivity contribution < 1.29 is 23.9 Å². The van der Waals surface area contributed by atoms with E-state index < -0.39 is 23.8 Å². The first-order valence-corrected chi connectivity index (χ1v) is 10.3.